The lowest BCUT2D eigenvalue weighted by atomic mass is 9.89. The summed E-state index contributed by atoms with van der Waals surface area (Å²) in [5, 5.41) is 13.1. The highest BCUT2D eigenvalue weighted by molar-refractivity contribution is 5.96. The highest BCUT2D eigenvalue weighted by atomic mass is 16.3. The number of nitrogens with one attached hydrogen (secondary N) is 1. The minimum Gasteiger partial charge on any atom is -0.507 e. The van der Waals surface area contributed by atoms with Crippen molar-refractivity contribution in [2.24, 2.45) is 5.92 Å². The zero-order valence-electron chi connectivity index (χ0n) is 11.6. The molecule has 0 bridgehead atoms. The molecule has 1 aliphatic heterocycles. The molecule has 1 aromatic rings. The number of benzene rings is 1. The molecule has 0 spiro atoms. The van der Waals surface area contributed by atoms with Crippen molar-refractivity contribution in [3.8, 4) is 5.75 Å². The van der Waals surface area contributed by atoms with Crippen LogP contribution in [0.2, 0.25) is 0 Å². The topological polar surface area (TPSA) is 52.6 Å². The van der Waals surface area contributed by atoms with E-state index in [2.05, 4.69) is 12.2 Å². The fourth-order valence-electron chi connectivity index (χ4n) is 2.84. The smallest absolute Gasteiger partial charge is 0.257 e. The number of para-hydroxylation sites is 1. The van der Waals surface area contributed by atoms with Gasteiger partial charge in [0, 0.05) is 19.1 Å². The lowest BCUT2D eigenvalue weighted by Gasteiger charge is -2.38. The number of carbonyl (C=O) groups excluding carboxylic acids is 1. The Labute approximate surface area is 114 Å². The molecule has 2 unspecified atom stereocenters. The molecule has 2 N–H and O–H groups in total. The minimum atomic E-state index is -0.0638. The molecule has 4 heteroatoms. The third kappa shape index (κ3) is 2.89. The number of carbonyl (C=O) groups is 1. The van der Waals surface area contributed by atoms with Crippen molar-refractivity contribution in [3.63, 3.8) is 0 Å². The van der Waals surface area contributed by atoms with Crippen LogP contribution in [-0.2, 0) is 0 Å². The van der Waals surface area contributed by atoms with E-state index in [-0.39, 0.29) is 11.7 Å². The second kappa shape index (κ2) is 6.06. The largest absolute Gasteiger partial charge is 0.507 e. The Kier molecular flexibility index (Phi) is 4.43. The van der Waals surface area contributed by atoms with Crippen molar-refractivity contribution in [2.45, 2.75) is 25.8 Å². The predicted octanol–water partition coefficient (Wildman–Crippen LogP) is 1.85. The van der Waals surface area contributed by atoms with Gasteiger partial charge in [-0.2, -0.15) is 0 Å². The summed E-state index contributed by atoms with van der Waals surface area (Å²) in [4.78, 5) is 14.3. The van der Waals surface area contributed by atoms with Gasteiger partial charge in [-0.3, -0.25) is 4.79 Å². The van der Waals surface area contributed by atoms with Gasteiger partial charge < -0.3 is 15.3 Å². The Morgan fingerprint density at radius 3 is 2.84 bits per heavy atom. The number of amides is 1. The zero-order valence-corrected chi connectivity index (χ0v) is 11.6. The van der Waals surface area contributed by atoms with Gasteiger partial charge in [-0.1, -0.05) is 25.5 Å². The molecule has 2 atom stereocenters. The molecule has 0 aliphatic carbocycles. The summed E-state index contributed by atoms with van der Waals surface area (Å²) in [7, 11) is 1.98. The van der Waals surface area contributed by atoms with Gasteiger partial charge in [0.15, 0.2) is 0 Å². The molecule has 19 heavy (non-hydrogen) atoms. The molecule has 0 radical (unpaired) electrons. The van der Waals surface area contributed by atoms with Crippen LogP contribution in [0.4, 0.5) is 0 Å². The maximum absolute atomic E-state index is 12.4. The van der Waals surface area contributed by atoms with E-state index in [9.17, 15) is 9.90 Å². The molecule has 1 saturated heterocycles. The lowest BCUT2D eigenvalue weighted by Crippen LogP contribution is -2.50. The molecule has 1 heterocycles. The van der Waals surface area contributed by atoms with Crippen molar-refractivity contribution in [2.75, 3.05) is 20.1 Å². The first-order chi connectivity index (χ1) is 9.17. The molecular weight excluding hydrogens is 240 g/mol. The second-order valence-electron chi connectivity index (χ2n) is 5.12. The summed E-state index contributed by atoms with van der Waals surface area (Å²) < 4.78 is 0. The lowest BCUT2D eigenvalue weighted by molar-refractivity contribution is 0.0629. The molecule has 4 nitrogen and oxygen atoms in total. The molecule has 0 aromatic heterocycles. The van der Waals surface area contributed by atoms with E-state index in [4.69, 9.17) is 0 Å². The molecule has 0 saturated carbocycles. The Bertz CT molecular complexity index is 448. The Balaban J connectivity index is 2.11. The number of hydrogen-bond acceptors (Lipinski definition) is 3. The number of rotatable bonds is 3. The highest BCUT2D eigenvalue weighted by Gasteiger charge is 2.30. The molecule has 2 rings (SSSR count). The van der Waals surface area contributed by atoms with E-state index < -0.39 is 0 Å². The van der Waals surface area contributed by atoms with Crippen molar-refractivity contribution < 1.29 is 9.90 Å². The fraction of sp³-hybridized carbons (Fsp3) is 0.533. The average Bonchev–Trinajstić information content (AvgIpc) is 2.46. The summed E-state index contributed by atoms with van der Waals surface area (Å²) in [6, 6.07) is 7.24. The van der Waals surface area contributed by atoms with E-state index >= 15 is 0 Å². The summed E-state index contributed by atoms with van der Waals surface area (Å²) in [6.07, 6.45) is 2.02. The van der Waals surface area contributed by atoms with Crippen LogP contribution in [0, 0.1) is 5.92 Å². The van der Waals surface area contributed by atoms with Crippen LogP contribution in [0.15, 0.2) is 24.3 Å². The van der Waals surface area contributed by atoms with Gasteiger partial charge in [0.05, 0.1) is 5.56 Å². The summed E-state index contributed by atoms with van der Waals surface area (Å²) in [5.41, 5.74) is 0.403. The average molecular weight is 262 g/mol. The number of phenols is 1. The third-order valence-corrected chi connectivity index (χ3v) is 4.05. The Morgan fingerprint density at radius 2 is 2.21 bits per heavy atom. The maximum atomic E-state index is 12.4. The van der Waals surface area contributed by atoms with Crippen molar-refractivity contribution in [3.05, 3.63) is 29.8 Å². The SMILES string of the molecule is CCC1CN(C(=O)c2ccccc2O)CCC1NC. The summed E-state index contributed by atoms with van der Waals surface area (Å²) in [6.45, 7) is 3.66. The highest BCUT2D eigenvalue weighted by Crippen LogP contribution is 2.24. The third-order valence-electron chi connectivity index (χ3n) is 4.05. The number of likely N-dealkylation sites (tertiary alicyclic amines) is 1. The number of nitrogens with zero attached hydrogens (tertiary/aromatic N) is 1. The first-order valence-corrected chi connectivity index (χ1v) is 6.92. The normalized spacial score (nSPS) is 23.4. The van der Waals surface area contributed by atoms with E-state index in [0.29, 0.717) is 17.5 Å². The van der Waals surface area contributed by atoms with Gasteiger partial charge in [-0.15, -0.1) is 0 Å². The van der Waals surface area contributed by atoms with Gasteiger partial charge >= 0.3 is 0 Å². The molecule has 1 aliphatic rings. The maximum Gasteiger partial charge on any atom is 0.257 e. The monoisotopic (exact) mass is 262 g/mol. The van der Waals surface area contributed by atoms with Crippen LogP contribution >= 0.6 is 0 Å². The van der Waals surface area contributed by atoms with Gasteiger partial charge in [-0.25, -0.2) is 0 Å². The molecule has 1 fully saturated rings. The van der Waals surface area contributed by atoms with Gasteiger partial charge in [0.25, 0.3) is 5.91 Å². The quantitative estimate of drug-likeness (QED) is 0.874. The van der Waals surface area contributed by atoms with Crippen LogP contribution in [0.25, 0.3) is 0 Å². The zero-order chi connectivity index (χ0) is 13.8. The van der Waals surface area contributed by atoms with Crippen LogP contribution in [0.1, 0.15) is 30.1 Å². The predicted molar refractivity (Wildman–Crippen MR) is 75.3 cm³/mol. The van der Waals surface area contributed by atoms with Crippen molar-refractivity contribution >= 4 is 5.91 Å². The first-order valence-electron chi connectivity index (χ1n) is 6.92. The number of piperidine rings is 1. The van der Waals surface area contributed by atoms with Crippen LogP contribution in [0.3, 0.4) is 0 Å². The standard InChI is InChI=1S/C15H22N2O2/c1-3-11-10-17(9-8-13(11)16-2)15(19)12-6-4-5-7-14(12)18/h4-7,11,13,16,18H,3,8-10H2,1-2H3. The molecule has 104 valence electrons. The summed E-state index contributed by atoms with van der Waals surface area (Å²) in [5.74, 6) is 0.482. The molecule has 1 amide bonds. The Hall–Kier alpha value is -1.55. The van der Waals surface area contributed by atoms with Gasteiger partial charge in [0.1, 0.15) is 5.75 Å². The van der Waals surface area contributed by atoms with Gasteiger partial charge in [0.2, 0.25) is 0 Å². The van der Waals surface area contributed by atoms with Crippen LogP contribution in [0.5, 0.6) is 5.75 Å². The van der Waals surface area contributed by atoms with Crippen LogP contribution < -0.4 is 5.32 Å². The molecular formula is C15H22N2O2. The second-order valence-corrected chi connectivity index (χ2v) is 5.12. The van der Waals surface area contributed by atoms with Crippen molar-refractivity contribution in [1.29, 1.82) is 0 Å². The molecule has 1 aromatic carbocycles. The number of aromatic hydroxyl groups is 1. The van der Waals surface area contributed by atoms with E-state index in [0.717, 1.165) is 25.9 Å². The van der Waals surface area contributed by atoms with E-state index in [1.54, 1.807) is 24.3 Å². The number of phenolic OH excluding ortho intramolecular Hbond substituents is 1. The van der Waals surface area contributed by atoms with Crippen LogP contribution in [-0.4, -0.2) is 42.1 Å². The fourth-order valence-corrected chi connectivity index (χ4v) is 2.84. The summed E-state index contributed by atoms with van der Waals surface area (Å²) >= 11 is 0. The number of hydrogen-bond donors (Lipinski definition) is 2. The van der Waals surface area contributed by atoms with E-state index in [1.165, 1.54) is 0 Å². The first kappa shape index (κ1) is 13.9. The minimum absolute atomic E-state index is 0.0638. The van der Waals surface area contributed by atoms with Gasteiger partial charge in [-0.05, 0) is 31.5 Å². The van der Waals surface area contributed by atoms with Crippen molar-refractivity contribution in [1.82, 2.24) is 10.2 Å². The van der Waals surface area contributed by atoms with E-state index in [1.807, 2.05) is 11.9 Å². The Morgan fingerprint density at radius 1 is 1.47 bits per heavy atom.